The smallest absolute Gasteiger partial charge is 0.361 e. The second-order valence-corrected chi connectivity index (χ2v) is 6.94. The monoisotopic (exact) mass is 299 g/mol. The molecule has 0 spiro atoms. The fourth-order valence-electron chi connectivity index (χ4n) is 3.11. The SMILES string of the molecule is Cc1ccc(-c2nnc3c([n+]2[O-])C(C)(C)OC3(C)C)cc1C. The third kappa shape index (κ3) is 2.08. The Morgan fingerprint density at radius 3 is 2.32 bits per heavy atom. The number of rotatable bonds is 1. The van der Waals surface area contributed by atoms with Crippen LogP contribution in [0.25, 0.3) is 11.4 Å². The molecule has 0 amide bonds. The van der Waals surface area contributed by atoms with Gasteiger partial charge in [0.25, 0.3) is 0 Å². The first kappa shape index (κ1) is 14.9. The Balaban J connectivity index is 2.23. The van der Waals surface area contributed by atoms with Crippen LogP contribution in [0, 0.1) is 19.1 Å². The molecule has 0 bridgehead atoms. The lowest BCUT2D eigenvalue weighted by Gasteiger charge is -2.23. The molecule has 0 N–H and O–H groups in total. The summed E-state index contributed by atoms with van der Waals surface area (Å²) in [5, 5.41) is 21.4. The molecule has 0 aliphatic carbocycles. The molecule has 2 heterocycles. The highest BCUT2D eigenvalue weighted by atomic mass is 16.5. The molecule has 5 heteroatoms. The van der Waals surface area contributed by atoms with Gasteiger partial charge in [0.05, 0.1) is 10.7 Å². The van der Waals surface area contributed by atoms with Crippen LogP contribution in [0.5, 0.6) is 0 Å². The van der Waals surface area contributed by atoms with Gasteiger partial charge in [-0.05, 0) is 69.9 Å². The van der Waals surface area contributed by atoms with Gasteiger partial charge in [0, 0.05) is 0 Å². The number of ether oxygens (including phenoxy) is 1. The third-order valence-corrected chi connectivity index (χ3v) is 4.28. The molecule has 0 saturated carbocycles. The molecule has 0 unspecified atom stereocenters. The number of nitrogens with zero attached hydrogens (tertiary/aromatic N) is 3. The van der Waals surface area contributed by atoms with Crippen LogP contribution in [0.1, 0.15) is 50.2 Å². The Morgan fingerprint density at radius 1 is 1.00 bits per heavy atom. The van der Waals surface area contributed by atoms with Crippen LogP contribution < -0.4 is 4.73 Å². The van der Waals surface area contributed by atoms with E-state index < -0.39 is 11.2 Å². The van der Waals surface area contributed by atoms with Gasteiger partial charge in [0.15, 0.2) is 11.4 Å². The summed E-state index contributed by atoms with van der Waals surface area (Å²) in [5.74, 6) is 0.316. The van der Waals surface area contributed by atoms with E-state index in [1.165, 1.54) is 5.56 Å². The Bertz CT molecular complexity index is 767. The largest absolute Gasteiger partial charge is 0.710 e. The first-order valence-corrected chi connectivity index (χ1v) is 7.42. The molecular formula is C17H21N3O2. The molecule has 0 fully saturated rings. The lowest BCUT2D eigenvalue weighted by atomic mass is 10.0. The van der Waals surface area contributed by atoms with E-state index >= 15 is 0 Å². The number of hydrogen-bond donors (Lipinski definition) is 0. The van der Waals surface area contributed by atoms with Crippen molar-refractivity contribution in [1.82, 2.24) is 10.2 Å². The topological polar surface area (TPSA) is 62.0 Å². The van der Waals surface area contributed by atoms with Gasteiger partial charge in [-0.15, -0.1) is 0 Å². The van der Waals surface area contributed by atoms with Crippen molar-refractivity contribution in [2.45, 2.75) is 52.7 Å². The quantitative estimate of drug-likeness (QED) is 0.600. The molecule has 0 atom stereocenters. The van der Waals surface area contributed by atoms with Crippen LogP contribution in [0.4, 0.5) is 0 Å². The van der Waals surface area contributed by atoms with E-state index in [2.05, 4.69) is 10.2 Å². The predicted molar refractivity (Wildman–Crippen MR) is 83.0 cm³/mol. The van der Waals surface area contributed by atoms with Crippen molar-refractivity contribution in [3.05, 3.63) is 45.9 Å². The highest BCUT2D eigenvalue weighted by Gasteiger charge is 2.50. The van der Waals surface area contributed by atoms with E-state index in [-0.39, 0.29) is 0 Å². The Hall–Kier alpha value is -2.01. The van der Waals surface area contributed by atoms with E-state index in [0.29, 0.717) is 17.2 Å². The van der Waals surface area contributed by atoms with Crippen molar-refractivity contribution < 1.29 is 9.47 Å². The van der Waals surface area contributed by atoms with Gasteiger partial charge < -0.3 is 9.94 Å². The lowest BCUT2D eigenvalue weighted by Crippen LogP contribution is -2.42. The average molecular weight is 299 g/mol. The fourth-order valence-corrected chi connectivity index (χ4v) is 3.11. The Morgan fingerprint density at radius 2 is 1.68 bits per heavy atom. The summed E-state index contributed by atoms with van der Waals surface area (Å²) in [6, 6.07) is 5.86. The highest BCUT2D eigenvalue weighted by molar-refractivity contribution is 5.54. The van der Waals surface area contributed by atoms with Crippen LogP contribution >= 0.6 is 0 Å². The molecule has 1 aliphatic rings. The first-order valence-electron chi connectivity index (χ1n) is 7.42. The summed E-state index contributed by atoms with van der Waals surface area (Å²) >= 11 is 0. The standard InChI is InChI=1S/C17H21N3O2/c1-10-7-8-12(9-11(10)2)15-19-18-13-14(20(15)21)17(5,6)22-16(13,3)4/h7-9H,1-6H3. The maximum absolute atomic E-state index is 12.9. The predicted octanol–water partition coefficient (Wildman–Crippen LogP) is 2.89. The van der Waals surface area contributed by atoms with Gasteiger partial charge in [-0.2, -0.15) is 0 Å². The van der Waals surface area contributed by atoms with Gasteiger partial charge in [0.2, 0.25) is 0 Å². The minimum atomic E-state index is -0.689. The summed E-state index contributed by atoms with van der Waals surface area (Å²) < 4.78 is 6.87. The second kappa shape index (κ2) is 4.49. The van der Waals surface area contributed by atoms with Crippen LogP contribution in [-0.4, -0.2) is 10.2 Å². The Labute approximate surface area is 130 Å². The van der Waals surface area contributed by atoms with Gasteiger partial charge in [0.1, 0.15) is 11.2 Å². The van der Waals surface area contributed by atoms with Gasteiger partial charge in [-0.1, -0.05) is 6.07 Å². The maximum Gasteiger partial charge on any atom is 0.361 e. The first-order chi connectivity index (χ1) is 10.1. The highest BCUT2D eigenvalue weighted by Crippen LogP contribution is 2.43. The number of aryl methyl sites for hydroxylation is 2. The molecule has 1 aromatic carbocycles. The Kier molecular flexibility index (Phi) is 3.04. The number of benzene rings is 1. The minimum Gasteiger partial charge on any atom is -0.710 e. The molecular weight excluding hydrogens is 278 g/mol. The zero-order chi connectivity index (χ0) is 16.3. The van der Waals surface area contributed by atoms with Crippen molar-refractivity contribution >= 4 is 0 Å². The molecule has 22 heavy (non-hydrogen) atoms. The molecule has 0 radical (unpaired) electrons. The van der Waals surface area contributed by atoms with E-state index in [0.717, 1.165) is 15.9 Å². The average Bonchev–Trinajstić information content (AvgIpc) is 2.59. The van der Waals surface area contributed by atoms with Crippen molar-refractivity contribution in [1.29, 1.82) is 0 Å². The van der Waals surface area contributed by atoms with E-state index in [1.54, 1.807) is 0 Å². The zero-order valence-electron chi connectivity index (χ0n) is 13.9. The second-order valence-electron chi connectivity index (χ2n) is 6.94. The molecule has 0 saturated heterocycles. The number of hydrogen-bond acceptors (Lipinski definition) is 4. The molecule has 1 aliphatic heterocycles. The summed E-state index contributed by atoms with van der Waals surface area (Å²) in [5.41, 5.74) is 2.93. The minimum absolute atomic E-state index is 0.316. The molecule has 2 aromatic rings. The van der Waals surface area contributed by atoms with Gasteiger partial charge in [-0.25, -0.2) is 4.73 Å². The summed E-state index contributed by atoms with van der Waals surface area (Å²) in [6.07, 6.45) is 0. The van der Waals surface area contributed by atoms with Crippen LogP contribution in [-0.2, 0) is 15.9 Å². The van der Waals surface area contributed by atoms with Gasteiger partial charge >= 0.3 is 5.82 Å². The van der Waals surface area contributed by atoms with E-state index in [9.17, 15) is 5.21 Å². The van der Waals surface area contributed by atoms with Crippen LogP contribution in [0.2, 0.25) is 0 Å². The molecule has 3 rings (SSSR count). The number of fused-ring (bicyclic) bond motifs is 1. The van der Waals surface area contributed by atoms with Crippen LogP contribution in [0.15, 0.2) is 18.2 Å². The summed E-state index contributed by atoms with van der Waals surface area (Å²) in [4.78, 5) is 0. The summed E-state index contributed by atoms with van der Waals surface area (Å²) in [6.45, 7) is 11.7. The number of aromatic nitrogens is 3. The zero-order valence-corrected chi connectivity index (χ0v) is 13.9. The van der Waals surface area contributed by atoms with E-state index in [1.807, 2.05) is 59.7 Å². The summed E-state index contributed by atoms with van der Waals surface area (Å²) in [7, 11) is 0. The van der Waals surface area contributed by atoms with Crippen molar-refractivity contribution in [3.8, 4) is 11.4 Å². The molecule has 5 nitrogen and oxygen atoms in total. The molecule has 1 aromatic heterocycles. The fraction of sp³-hybridized carbons (Fsp3) is 0.471. The van der Waals surface area contributed by atoms with E-state index in [4.69, 9.17) is 4.74 Å². The van der Waals surface area contributed by atoms with Crippen molar-refractivity contribution in [3.63, 3.8) is 0 Å². The van der Waals surface area contributed by atoms with Gasteiger partial charge in [-0.3, -0.25) is 0 Å². The third-order valence-electron chi connectivity index (χ3n) is 4.28. The lowest BCUT2D eigenvalue weighted by molar-refractivity contribution is -0.612. The normalized spacial score (nSPS) is 18.3. The van der Waals surface area contributed by atoms with Crippen molar-refractivity contribution in [2.75, 3.05) is 0 Å². The maximum atomic E-state index is 12.9. The van der Waals surface area contributed by atoms with Crippen LogP contribution in [0.3, 0.4) is 0 Å². The van der Waals surface area contributed by atoms with Crippen molar-refractivity contribution in [2.24, 2.45) is 0 Å². The molecule has 116 valence electrons.